The van der Waals surface area contributed by atoms with Crippen molar-refractivity contribution in [2.75, 3.05) is 11.5 Å². The molecule has 0 heterocycles. The fourth-order valence-corrected chi connectivity index (χ4v) is 2.75. The van der Waals surface area contributed by atoms with Crippen LogP contribution >= 0.6 is 0 Å². The first-order valence-corrected chi connectivity index (χ1v) is 8.83. The Bertz CT molecular complexity index is 744. The van der Waals surface area contributed by atoms with E-state index in [1.165, 1.54) is 11.1 Å². The lowest BCUT2D eigenvalue weighted by Gasteiger charge is -2.26. The van der Waals surface area contributed by atoms with Crippen LogP contribution < -0.4 is 9.64 Å². The molecule has 0 aliphatic rings. The quantitative estimate of drug-likeness (QED) is 0.507. The van der Waals surface area contributed by atoms with Crippen LogP contribution in [0.15, 0.2) is 72.8 Å². The molecule has 2 nitrogen and oxygen atoms in total. The molecule has 0 unspecified atom stereocenters. The van der Waals surface area contributed by atoms with Gasteiger partial charge in [0.2, 0.25) is 0 Å². The van der Waals surface area contributed by atoms with Crippen LogP contribution in [0.3, 0.4) is 0 Å². The fourth-order valence-electron chi connectivity index (χ4n) is 2.75. The fraction of sp³-hybridized carbons (Fsp3) is 0.217. The number of nitrogens with zero attached hydrogens (tertiary/aromatic N) is 1. The van der Waals surface area contributed by atoms with Gasteiger partial charge in [-0.2, -0.15) is 0 Å². The number of hydrogen-bond donors (Lipinski definition) is 0. The molecule has 0 atom stereocenters. The van der Waals surface area contributed by atoms with Gasteiger partial charge in [-0.25, -0.2) is 0 Å². The lowest BCUT2D eigenvalue weighted by molar-refractivity contribution is 0.317. The number of anilines is 3. The summed E-state index contributed by atoms with van der Waals surface area (Å²) in [6, 6.07) is 25.6. The molecule has 2 heteroatoms. The predicted octanol–water partition coefficient (Wildman–Crippen LogP) is 6.56. The van der Waals surface area contributed by atoms with E-state index in [1.54, 1.807) is 0 Å². The molecular weight excluding hydrogens is 306 g/mol. The summed E-state index contributed by atoms with van der Waals surface area (Å²) in [5.74, 6) is 0.915. The van der Waals surface area contributed by atoms with Gasteiger partial charge in [-0.15, -0.1) is 0 Å². The van der Waals surface area contributed by atoms with Gasteiger partial charge in [-0.05, 0) is 68.8 Å². The highest BCUT2D eigenvalue weighted by atomic mass is 16.5. The molecule has 3 rings (SSSR count). The van der Waals surface area contributed by atoms with Crippen LogP contribution in [0.4, 0.5) is 17.1 Å². The van der Waals surface area contributed by atoms with Gasteiger partial charge in [0.05, 0.1) is 6.61 Å². The Morgan fingerprint density at radius 3 is 1.44 bits per heavy atom. The zero-order chi connectivity index (χ0) is 17.6. The monoisotopic (exact) mass is 331 g/mol. The molecule has 0 amide bonds. The van der Waals surface area contributed by atoms with E-state index in [4.69, 9.17) is 4.74 Å². The summed E-state index contributed by atoms with van der Waals surface area (Å²) in [5.41, 5.74) is 5.94. The minimum Gasteiger partial charge on any atom is -0.494 e. The Balaban J connectivity index is 1.98. The number of rotatable bonds is 6. The van der Waals surface area contributed by atoms with Crippen LogP contribution in [0, 0.1) is 13.8 Å². The van der Waals surface area contributed by atoms with Gasteiger partial charge >= 0.3 is 0 Å². The normalized spacial score (nSPS) is 10.5. The molecule has 3 aromatic carbocycles. The Morgan fingerprint density at radius 2 is 1.04 bits per heavy atom. The first-order chi connectivity index (χ1) is 12.2. The highest BCUT2D eigenvalue weighted by Gasteiger charge is 2.12. The molecule has 0 aliphatic carbocycles. The zero-order valence-corrected chi connectivity index (χ0v) is 15.2. The van der Waals surface area contributed by atoms with E-state index >= 15 is 0 Å². The third-order valence-corrected chi connectivity index (χ3v) is 4.15. The SMILES string of the molecule is CCCOc1ccc(N(c2ccc(C)cc2)c2ccc(C)cc2)cc1. The minimum atomic E-state index is 0.749. The predicted molar refractivity (Wildman–Crippen MR) is 106 cm³/mol. The van der Waals surface area contributed by atoms with Gasteiger partial charge in [0, 0.05) is 17.1 Å². The van der Waals surface area contributed by atoms with Gasteiger partial charge in [-0.1, -0.05) is 42.3 Å². The van der Waals surface area contributed by atoms with E-state index in [2.05, 4.69) is 86.3 Å². The Hall–Kier alpha value is -2.74. The summed E-state index contributed by atoms with van der Waals surface area (Å²) < 4.78 is 5.71. The van der Waals surface area contributed by atoms with Crippen LogP contribution in [0.1, 0.15) is 24.5 Å². The minimum absolute atomic E-state index is 0.749. The maximum atomic E-state index is 5.71. The molecule has 0 N–H and O–H groups in total. The summed E-state index contributed by atoms with van der Waals surface area (Å²) >= 11 is 0. The van der Waals surface area contributed by atoms with Crippen LogP contribution in [0.5, 0.6) is 5.75 Å². The van der Waals surface area contributed by atoms with Crippen molar-refractivity contribution < 1.29 is 4.74 Å². The second kappa shape index (κ2) is 7.89. The van der Waals surface area contributed by atoms with E-state index in [0.717, 1.165) is 35.8 Å². The Kier molecular flexibility index (Phi) is 5.39. The first kappa shape index (κ1) is 17.1. The number of ether oxygens (including phenoxy) is 1. The van der Waals surface area contributed by atoms with Crippen molar-refractivity contribution in [3.8, 4) is 5.75 Å². The van der Waals surface area contributed by atoms with Crippen LogP contribution in [-0.2, 0) is 0 Å². The Morgan fingerprint density at radius 1 is 0.640 bits per heavy atom. The third-order valence-electron chi connectivity index (χ3n) is 4.15. The van der Waals surface area contributed by atoms with Crippen molar-refractivity contribution in [1.82, 2.24) is 0 Å². The van der Waals surface area contributed by atoms with E-state index in [-0.39, 0.29) is 0 Å². The maximum absolute atomic E-state index is 5.71. The molecule has 0 saturated heterocycles. The van der Waals surface area contributed by atoms with Gasteiger partial charge in [0.15, 0.2) is 0 Å². The largest absolute Gasteiger partial charge is 0.494 e. The maximum Gasteiger partial charge on any atom is 0.119 e. The molecule has 0 radical (unpaired) electrons. The second-order valence-corrected chi connectivity index (χ2v) is 6.35. The molecule has 25 heavy (non-hydrogen) atoms. The summed E-state index contributed by atoms with van der Waals surface area (Å²) in [5, 5.41) is 0. The van der Waals surface area contributed by atoms with Crippen LogP contribution in [0.2, 0.25) is 0 Å². The molecular formula is C23H25NO. The van der Waals surface area contributed by atoms with E-state index in [1.807, 2.05) is 12.1 Å². The van der Waals surface area contributed by atoms with Crippen molar-refractivity contribution in [2.24, 2.45) is 0 Å². The van der Waals surface area contributed by atoms with E-state index < -0.39 is 0 Å². The number of aryl methyl sites for hydroxylation is 2. The lowest BCUT2D eigenvalue weighted by Crippen LogP contribution is -2.10. The molecule has 0 saturated carbocycles. The van der Waals surface area contributed by atoms with E-state index in [9.17, 15) is 0 Å². The van der Waals surface area contributed by atoms with Crippen molar-refractivity contribution in [3.05, 3.63) is 83.9 Å². The molecule has 128 valence electrons. The molecule has 3 aromatic rings. The van der Waals surface area contributed by atoms with Crippen molar-refractivity contribution >= 4 is 17.1 Å². The molecule has 0 aromatic heterocycles. The van der Waals surface area contributed by atoms with Gasteiger partial charge in [-0.3, -0.25) is 0 Å². The van der Waals surface area contributed by atoms with Crippen molar-refractivity contribution in [1.29, 1.82) is 0 Å². The molecule has 0 aliphatic heterocycles. The first-order valence-electron chi connectivity index (χ1n) is 8.83. The number of benzene rings is 3. The van der Waals surface area contributed by atoms with Gasteiger partial charge < -0.3 is 9.64 Å². The summed E-state index contributed by atoms with van der Waals surface area (Å²) in [6.07, 6.45) is 1.01. The molecule has 0 fully saturated rings. The third kappa shape index (κ3) is 4.21. The summed E-state index contributed by atoms with van der Waals surface area (Å²) in [4.78, 5) is 2.27. The lowest BCUT2D eigenvalue weighted by atomic mass is 10.1. The standard InChI is InChI=1S/C23H25NO/c1-4-17-25-23-15-13-22(14-16-23)24(20-9-5-18(2)6-10-20)21-11-7-19(3)8-12-21/h5-16H,4,17H2,1-3H3. The smallest absolute Gasteiger partial charge is 0.119 e. The summed E-state index contributed by atoms with van der Waals surface area (Å²) in [6.45, 7) is 7.09. The highest BCUT2D eigenvalue weighted by Crippen LogP contribution is 2.35. The average molecular weight is 331 g/mol. The van der Waals surface area contributed by atoms with E-state index in [0.29, 0.717) is 0 Å². The summed E-state index contributed by atoms with van der Waals surface area (Å²) in [7, 11) is 0. The van der Waals surface area contributed by atoms with Crippen LogP contribution in [0.25, 0.3) is 0 Å². The van der Waals surface area contributed by atoms with Crippen molar-refractivity contribution in [3.63, 3.8) is 0 Å². The topological polar surface area (TPSA) is 12.5 Å². The Labute approximate surface area is 150 Å². The second-order valence-electron chi connectivity index (χ2n) is 6.35. The molecule has 0 bridgehead atoms. The van der Waals surface area contributed by atoms with Gasteiger partial charge in [0.1, 0.15) is 5.75 Å². The highest BCUT2D eigenvalue weighted by molar-refractivity contribution is 5.76. The average Bonchev–Trinajstić information content (AvgIpc) is 2.64. The zero-order valence-electron chi connectivity index (χ0n) is 15.2. The van der Waals surface area contributed by atoms with Crippen LogP contribution in [-0.4, -0.2) is 6.61 Å². The van der Waals surface area contributed by atoms with Crippen molar-refractivity contribution in [2.45, 2.75) is 27.2 Å². The van der Waals surface area contributed by atoms with Gasteiger partial charge in [0.25, 0.3) is 0 Å². The number of hydrogen-bond acceptors (Lipinski definition) is 2. The molecule has 0 spiro atoms.